The van der Waals surface area contributed by atoms with Gasteiger partial charge in [0.05, 0.1) is 6.21 Å². The number of amides is 1. The lowest BCUT2D eigenvalue weighted by molar-refractivity contribution is 0.0955. The van der Waals surface area contributed by atoms with Gasteiger partial charge in [-0.05, 0) is 68.4 Å². The number of hydrogen-bond acceptors (Lipinski definition) is 3. The Balaban J connectivity index is 1.76. The van der Waals surface area contributed by atoms with Crippen molar-refractivity contribution in [3.63, 3.8) is 0 Å². The van der Waals surface area contributed by atoms with Gasteiger partial charge < -0.3 is 9.47 Å². The second-order valence-corrected chi connectivity index (χ2v) is 7.22. The molecular weight excluding hydrogens is 372 g/mol. The monoisotopic (exact) mass is 394 g/mol. The summed E-state index contributed by atoms with van der Waals surface area (Å²) in [5.41, 5.74) is 8.40. The topological polar surface area (TPSA) is 49.6 Å². The van der Waals surface area contributed by atoms with E-state index < -0.39 is 0 Å². The number of carbonyl (C=O) groups excluding carboxylic acids is 1. The first-order valence-electron chi connectivity index (χ1n) is 8.92. The van der Waals surface area contributed by atoms with Crippen LogP contribution < -0.4 is 10.3 Å². The lowest BCUT2D eigenvalue weighted by Crippen LogP contribution is -2.17. The summed E-state index contributed by atoms with van der Waals surface area (Å²) in [7, 11) is 4.04. The zero-order chi connectivity index (χ0) is 20.3. The Morgan fingerprint density at radius 1 is 1.07 bits per heavy atom. The van der Waals surface area contributed by atoms with E-state index in [2.05, 4.69) is 51.2 Å². The summed E-state index contributed by atoms with van der Waals surface area (Å²) in [5.74, 6) is -0.277. The number of nitrogens with zero attached hydrogens (tertiary/aromatic N) is 3. The van der Waals surface area contributed by atoms with Crippen molar-refractivity contribution in [2.45, 2.75) is 13.8 Å². The van der Waals surface area contributed by atoms with Gasteiger partial charge in [0.25, 0.3) is 5.91 Å². The van der Waals surface area contributed by atoms with Gasteiger partial charge in [-0.2, -0.15) is 5.10 Å². The number of hydrogen-bond donors (Lipinski definition) is 1. The number of aromatic nitrogens is 1. The molecule has 0 aliphatic carbocycles. The maximum Gasteiger partial charge on any atom is 0.271 e. The van der Waals surface area contributed by atoms with Gasteiger partial charge in [-0.25, -0.2) is 5.43 Å². The van der Waals surface area contributed by atoms with Gasteiger partial charge in [0.15, 0.2) is 0 Å². The minimum atomic E-state index is -0.277. The van der Waals surface area contributed by atoms with E-state index in [0.29, 0.717) is 10.6 Å². The molecule has 0 spiro atoms. The largest absolute Gasteiger partial charge is 0.378 e. The molecule has 0 saturated heterocycles. The Bertz CT molecular complexity index is 1000. The summed E-state index contributed by atoms with van der Waals surface area (Å²) in [6.45, 7) is 4.09. The standard InChI is InChI=1S/C22H23ClN4O/c1-15-13-18(14-24-25-22(28)17-5-7-19(23)8-6-17)16(2)27(15)21-11-9-20(10-12-21)26(3)4/h5-14H,1-4H3,(H,25,28)/b24-14-. The predicted octanol–water partition coefficient (Wildman–Crippen LogP) is 4.58. The number of rotatable bonds is 5. The second-order valence-electron chi connectivity index (χ2n) is 6.78. The third-order valence-electron chi connectivity index (χ3n) is 4.57. The van der Waals surface area contributed by atoms with Crippen molar-refractivity contribution in [2.24, 2.45) is 5.10 Å². The molecule has 2 aromatic carbocycles. The Kier molecular flexibility index (Phi) is 5.85. The third kappa shape index (κ3) is 4.26. The van der Waals surface area contributed by atoms with Crippen molar-refractivity contribution in [3.05, 3.63) is 82.1 Å². The molecule has 1 aromatic heterocycles. The summed E-state index contributed by atoms with van der Waals surface area (Å²) in [5, 5.41) is 4.70. The van der Waals surface area contributed by atoms with E-state index >= 15 is 0 Å². The SMILES string of the molecule is Cc1cc(/C=N\NC(=O)c2ccc(Cl)cc2)c(C)n1-c1ccc(N(C)C)cc1. The molecular formula is C22H23ClN4O. The molecule has 0 fully saturated rings. The van der Waals surface area contributed by atoms with E-state index in [1.54, 1.807) is 30.5 Å². The highest BCUT2D eigenvalue weighted by molar-refractivity contribution is 6.30. The average molecular weight is 395 g/mol. The zero-order valence-electron chi connectivity index (χ0n) is 16.4. The molecule has 0 unspecified atom stereocenters. The van der Waals surface area contributed by atoms with Crippen LogP contribution in [0.1, 0.15) is 27.3 Å². The minimum Gasteiger partial charge on any atom is -0.378 e. The highest BCUT2D eigenvalue weighted by Gasteiger charge is 2.10. The van der Waals surface area contributed by atoms with Crippen molar-refractivity contribution in [3.8, 4) is 5.69 Å². The number of carbonyl (C=O) groups is 1. The summed E-state index contributed by atoms with van der Waals surface area (Å²) in [6, 6.07) is 17.1. The van der Waals surface area contributed by atoms with Crippen LogP contribution in [0.5, 0.6) is 0 Å². The minimum absolute atomic E-state index is 0.277. The normalized spacial score (nSPS) is 11.0. The molecule has 1 heterocycles. The fourth-order valence-corrected chi connectivity index (χ4v) is 3.17. The molecule has 1 amide bonds. The molecule has 5 nitrogen and oxygen atoms in total. The Labute approximate surface area is 170 Å². The summed E-state index contributed by atoms with van der Waals surface area (Å²) in [6.07, 6.45) is 1.67. The highest BCUT2D eigenvalue weighted by atomic mass is 35.5. The van der Waals surface area contributed by atoms with Crippen LogP contribution in [0.3, 0.4) is 0 Å². The highest BCUT2D eigenvalue weighted by Crippen LogP contribution is 2.22. The lowest BCUT2D eigenvalue weighted by Gasteiger charge is -2.14. The first kappa shape index (κ1) is 19.7. The maximum absolute atomic E-state index is 12.1. The maximum atomic E-state index is 12.1. The van der Waals surface area contributed by atoms with Crippen molar-refractivity contribution in [2.75, 3.05) is 19.0 Å². The van der Waals surface area contributed by atoms with Crippen LogP contribution in [0.2, 0.25) is 5.02 Å². The number of benzene rings is 2. The van der Waals surface area contributed by atoms with Crippen LogP contribution in [-0.4, -0.2) is 30.8 Å². The van der Waals surface area contributed by atoms with E-state index in [1.807, 2.05) is 27.1 Å². The predicted molar refractivity (Wildman–Crippen MR) is 116 cm³/mol. The van der Waals surface area contributed by atoms with Crippen LogP contribution >= 0.6 is 11.6 Å². The molecule has 0 atom stereocenters. The van der Waals surface area contributed by atoms with Crippen LogP contribution in [0.4, 0.5) is 5.69 Å². The van der Waals surface area contributed by atoms with Crippen LogP contribution in [0.15, 0.2) is 59.7 Å². The molecule has 6 heteroatoms. The van der Waals surface area contributed by atoms with E-state index in [4.69, 9.17) is 11.6 Å². The molecule has 0 aliphatic heterocycles. The Morgan fingerprint density at radius 2 is 1.71 bits per heavy atom. The first-order chi connectivity index (χ1) is 13.4. The van der Waals surface area contributed by atoms with Gasteiger partial charge in [-0.1, -0.05) is 11.6 Å². The summed E-state index contributed by atoms with van der Waals surface area (Å²) in [4.78, 5) is 14.2. The quantitative estimate of drug-likeness (QED) is 0.508. The molecule has 1 N–H and O–H groups in total. The molecule has 28 heavy (non-hydrogen) atoms. The number of hydrazone groups is 1. The number of aryl methyl sites for hydroxylation is 1. The van der Waals surface area contributed by atoms with Crippen molar-refractivity contribution in [1.82, 2.24) is 9.99 Å². The number of anilines is 1. The molecule has 0 saturated carbocycles. The summed E-state index contributed by atoms with van der Waals surface area (Å²) >= 11 is 5.84. The van der Waals surface area contributed by atoms with Gasteiger partial charge in [0.2, 0.25) is 0 Å². The lowest BCUT2D eigenvalue weighted by atomic mass is 10.2. The smallest absolute Gasteiger partial charge is 0.271 e. The first-order valence-corrected chi connectivity index (χ1v) is 9.30. The van der Waals surface area contributed by atoms with E-state index in [0.717, 1.165) is 28.3 Å². The fourth-order valence-electron chi connectivity index (χ4n) is 3.04. The Morgan fingerprint density at radius 3 is 2.32 bits per heavy atom. The summed E-state index contributed by atoms with van der Waals surface area (Å²) < 4.78 is 2.17. The van der Waals surface area contributed by atoms with E-state index in [1.165, 1.54) is 0 Å². The number of halogens is 1. The van der Waals surface area contributed by atoms with E-state index in [9.17, 15) is 4.79 Å². The molecule has 0 aliphatic rings. The van der Waals surface area contributed by atoms with Crippen molar-refractivity contribution in [1.29, 1.82) is 0 Å². The average Bonchev–Trinajstić information content (AvgIpc) is 2.95. The van der Waals surface area contributed by atoms with Gasteiger partial charge in [-0.3, -0.25) is 4.79 Å². The van der Waals surface area contributed by atoms with Crippen LogP contribution in [0, 0.1) is 13.8 Å². The molecule has 0 radical (unpaired) electrons. The Hall–Kier alpha value is -3.05. The molecule has 0 bridgehead atoms. The molecule has 3 aromatic rings. The van der Waals surface area contributed by atoms with Crippen molar-refractivity contribution >= 4 is 29.4 Å². The molecule has 3 rings (SSSR count). The van der Waals surface area contributed by atoms with Crippen LogP contribution in [0.25, 0.3) is 5.69 Å². The zero-order valence-corrected chi connectivity index (χ0v) is 17.2. The number of nitrogens with one attached hydrogen (secondary N) is 1. The van der Waals surface area contributed by atoms with Gasteiger partial charge >= 0.3 is 0 Å². The second kappa shape index (κ2) is 8.31. The van der Waals surface area contributed by atoms with Gasteiger partial charge in [-0.15, -0.1) is 0 Å². The van der Waals surface area contributed by atoms with Gasteiger partial charge in [0.1, 0.15) is 0 Å². The fraction of sp³-hybridized carbons (Fsp3) is 0.182. The van der Waals surface area contributed by atoms with Gasteiger partial charge in [0, 0.05) is 53.0 Å². The molecule has 144 valence electrons. The third-order valence-corrected chi connectivity index (χ3v) is 4.82. The van der Waals surface area contributed by atoms with E-state index in [-0.39, 0.29) is 5.91 Å². The van der Waals surface area contributed by atoms with Crippen molar-refractivity contribution < 1.29 is 4.79 Å². The van der Waals surface area contributed by atoms with Crippen LogP contribution in [-0.2, 0) is 0 Å².